The molecule has 0 radical (unpaired) electrons. The van der Waals surface area contributed by atoms with Gasteiger partial charge in [-0.2, -0.15) is 0 Å². The number of anilines is 1. The molecule has 0 unspecified atom stereocenters. The van der Waals surface area contributed by atoms with Crippen LogP contribution >= 0.6 is 11.3 Å². The highest BCUT2D eigenvalue weighted by atomic mass is 32.1. The molecule has 0 aliphatic rings. The number of methoxy groups -OCH3 is 1. The maximum atomic E-state index is 5.35. The molecule has 0 bridgehead atoms. The Bertz CT molecular complexity index is 706. The number of thiophene rings is 1. The van der Waals surface area contributed by atoms with E-state index in [-0.39, 0.29) is 0 Å². The summed E-state index contributed by atoms with van der Waals surface area (Å²) < 4.78 is 5.35. The highest BCUT2D eigenvalue weighted by molar-refractivity contribution is 7.15. The Kier molecular flexibility index (Phi) is 4.22. The molecule has 0 aliphatic carbocycles. The molecule has 0 fully saturated rings. The fourth-order valence-corrected chi connectivity index (χ4v) is 3.16. The van der Waals surface area contributed by atoms with Crippen molar-refractivity contribution >= 4 is 17.0 Å². The predicted molar refractivity (Wildman–Crippen MR) is 90.1 cm³/mol. The van der Waals surface area contributed by atoms with E-state index in [2.05, 4.69) is 41.7 Å². The number of para-hydroxylation sites is 2. The lowest BCUT2D eigenvalue weighted by Crippen LogP contribution is -1.99. The minimum atomic E-state index is 0.803. The molecule has 21 heavy (non-hydrogen) atoms. The van der Waals surface area contributed by atoms with Gasteiger partial charge in [0.25, 0.3) is 0 Å². The van der Waals surface area contributed by atoms with Crippen molar-refractivity contribution in [3.8, 4) is 16.2 Å². The Balaban J connectivity index is 1.71. The maximum absolute atomic E-state index is 5.35. The van der Waals surface area contributed by atoms with E-state index in [9.17, 15) is 0 Å². The van der Waals surface area contributed by atoms with Gasteiger partial charge in [-0.25, -0.2) is 0 Å². The van der Waals surface area contributed by atoms with E-state index in [4.69, 9.17) is 4.74 Å². The second kappa shape index (κ2) is 6.46. The summed E-state index contributed by atoms with van der Waals surface area (Å²) in [6.07, 6.45) is 0. The first kappa shape index (κ1) is 13.7. The average Bonchev–Trinajstić information content (AvgIpc) is 3.03. The molecule has 2 aromatic carbocycles. The van der Waals surface area contributed by atoms with E-state index in [1.165, 1.54) is 15.3 Å². The third-order valence-corrected chi connectivity index (χ3v) is 4.41. The quantitative estimate of drug-likeness (QED) is 0.712. The highest BCUT2D eigenvalue weighted by Crippen LogP contribution is 2.29. The summed E-state index contributed by atoms with van der Waals surface area (Å²) in [5.41, 5.74) is 2.29. The molecule has 1 N–H and O–H groups in total. The molecule has 3 heteroatoms. The van der Waals surface area contributed by atoms with Gasteiger partial charge < -0.3 is 10.1 Å². The van der Waals surface area contributed by atoms with E-state index in [1.54, 1.807) is 7.11 Å². The van der Waals surface area contributed by atoms with Crippen molar-refractivity contribution in [3.05, 3.63) is 71.6 Å². The van der Waals surface area contributed by atoms with Crippen LogP contribution in [0.25, 0.3) is 10.4 Å². The first-order valence-corrected chi connectivity index (χ1v) is 7.69. The minimum Gasteiger partial charge on any atom is -0.495 e. The number of benzene rings is 2. The van der Waals surface area contributed by atoms with Gasteiger partial charge in [0.1, 0.15) is 5.75 Å². The molecule has 1 heterocycles. The summed E-state index contributed by atoms with van der Waals surface area (Å²) in [4.78, 5) is 2.60. The predicted octanol–water partition coefficient (Wildman–Crippen LogP) is 5.04. The third kappa shape index (κ3) is 3.26. The number of hydrogen-bond acceptors (Lipinski definition) is 3. The van der Waals surface area contributed by atoms with Crippen LogP contribution in [0.1, 0.15) is 4.88 Å². The standard InChI is InChI=1S/C18H17NOS/c1-20-17-10-6-5-9-16(17)19-13-15-11-12-18(21-15)14-7-3-2-4-8-14/h2-12,19H,13H2,1H3. The zero-order chi connectivity index (χ0) is 14.5. The van der Waals surface area contributed by atoms with Crippen molar-refractivity contribution in [2.75, 3.05) is 12.4 Å². The first-order chi connectivity index (χ1) is 10.4. The molecule has 2 nitrogen and oxygen atoms in total. The molecule has 0 saturated heterocycles. The number of hydrogen-bond donors (Lipinski definition) is 1. The second-order valence-corrected chi connectivity index (χ2v) is 5.85. The van der Waals surface area contributed by atoms with Crippen molar-refractivity contribution in [1.29, 1.82) is 0 Å². The summed E-state index contributed by atoms with van der Waals surface area (Å²) in [7, 11) is 1.69. The molecule has 3 rings (SSSR count). The lowest BCUT2D eigenvalue weighted by atomic mass is 10.2. The molecular formula is C18H17NOS. The maximum Gasteiger partial charge on any atom is 0.141 e. The molecule has 0 spiro atoms. The van der Waals surface area contributed by atoms with Gasteiger partial charge in [-0.05, 0) is 29.8 Å². The summed E-state index contributed by atoms with van der Waals surface area (Å²) in [5, 5.41) is 3.43. The lowest BCUT2D eigenvalue weighted by Gasteiger charge is -2.09. The van der Waals surface area contributed by atoms with E-state index in [1.807, 2.05) is 41.7 Å². The van der Waals surface area contributed by atoms with E-state index >= 15 is 0 Å². The van der Waals surface area contributed by atoms with Crippen LogP contribution in [0.15, 0.2) is 66.7 Å². The Labute approximate surface area is 129 Å². The minimum absolute atomic E-state index is 0.803. The summed E-state index contributed by atoms with van der Waals surface area (Å²) >= 11 is 1.82. The monoisotopic (exact) mass is 295 g/mol. The van der Waals surface area contributed by atoms with Crippen LogP contribution in [0.4, 0.5) is 5.69 Å². The Morgan fingerprint density at radius 3 is 2.48 bits per heavy atom. The van der Waals surface area contributed by atoms with Crippen LogP contribution < -0.4 is 10.1 Å². The zero-order valence-electron chi connectivity index (χ0n) is 11.9. The fourth-order valence-electron chi connectivity index (χ4n) is 2.20. The largest absolute Gasteiger partial charge is 0.495 e. The average molecular weight is 295 g/mol. The van der Waals surface area contributed by atoms with E-state index < -0.39 is 0 Å². The Morgan fingerprint density at radius 1 is 0.905 bits per heavy atom. The smallest absolute Gasteiger partial charge is 0.141 e. The molecule has 1 aromatic heterocycles. The SMILES string of the molecule is COc1ccccc1NCc1ccc(-c2ccccc2)s1. The van der Waals surface area contributed by atoms with Gasteiger partial charge in [0.2, 0.25) is 0 Å². The summed E-state index contributed by atoms with van der Waals surface area (Å²) in [6.45, 7) is 0.803. The second-order valence-electron chi connectivity index (χ2n) is 4.69. The van der Waals surface area contributed by atoms with Gasteiger partial charge in [-0.15, -0.1) is 11.3 Å². The molecule has 0 saturated carbocycles. The van der Waals surface area contributed by atoms with Gasteiger partial charge in [0, 0.05) is 16.3 Å². The van der Waals surface area contributed by atoms with Crippen molar-refractivity contribution in [1.82, 2.24) is 0 Å². The fraction of sp³-hybridized carbons (Fsp3) is 0.111. The number of ether oxygens (including phenoxy) is 1. The molecule has 0 aliphatic heterocycles. The van der Waals surface area contributed by atoms with Crippen LogP contribution in [0.2, 0.25) is 0 Å². The van der Waals surface area contributed by atoms with Crippen LogP contribution in [-0.4, -0.2) is 7.11 Å². The first-order valence-electron chi connectivity index (χ1n) is 6.88. The van der Waals surface area contributed by atoms with Gasteiger partial charge in [0.05, 0.1) is 12.8 Å². The van der Waals surface area contributed by atoms with Crippen LogP contribution in [0.5, 0.6) is 5.75 Å². The van der Waals surface area contributed by atoms with Crippen LogP contribution in [-0.2, 0) is 6.54 Å². The zero-order valence-corrected chi connectivity index (χ0v) is 12.7. The Hall–Kier alpha value is -2.26. The van der Waals surface area contributed by atoms with Crippen molar-refractivity contribution in [3.63, 3.8) is 0 Å². The molecule has 3 aromatic rings. The lowest BCUT2D eigenvalue weighted by molar-refractivity contribution is 0.416. The molecule has 0 amide bonds. The van der Waals surface area contributed by atoms with Crippen molar-refractivity contribution in [2.45, 2.75) is 6.54 Å². The molecule has 0 atom stereocenters. The van der Waals surface area contributed by atoms with E-state index in [0.29, 0.717) is 0 Å². The Morgan fingerprint density at radius 2 is 1.67 bits per heavy atom. The van der Waals surface area contributed by atoms with Crippen LogP contribution in [0.3, 0.4) is 0 Å². The summed E-state index contributed by atoms with van der Waals surface area (Å²) in [5.74, 6) is 0.873. The highest BCUT2D eigenvalue weighted by Gasteiger charge is 2.04. The van der Waals surface area contributed by atoms with Gasteiger partial charge in [0.15, 0.2) is 0 Å². The van der Waals surface area contributed by atoms with E-state index in [0.717, 1.165) is 18.0 Å². The van der Waals surface area contributed by atoms with Crippen molar-refractivity contribution in [2.24, 2.45) is 0 Å². The van der Waals surface area contributed by atoms with Gasteiger partial charge in [-0.3, -0.25) is 0 Å². The van der Waals surface area contributed by atoms with Gasteiger partial charge >= 0.3 is 0 Å². The van der Waals surface area contributed by atoms with Crippen molar-refractivity contribution < 1.29 is 4.74 Å². The topological polar surface area (TPSA) is 21.3 Å². The summed E-state index contributed by atoms with van der Waals surface area (Å²) in [6, 6.07) is 22.8. The molecular weight excluding hydrogens is 278 g/mol. The third-order valence-electron chi connectivity index (χ3n) is 3.28. The molecule has 106 valence electrons. The number of rotatable bonds is 5. The van der Waals surface area contributed by atoms with Gasteiger partial charge in [-0.1, -0.05) is 42.5 Å². The van der Waals surface area contributed by atoms with Crippen LogP contribution in [0, 0.1) is 0 Å². The normalized spacial score (nSPS) is 10.3. The number of nitrogens with one attached hydrogen (secondary N) is 1.